The number of carbonyl (C=O) groups excluding carboxylic acids is 2. The van der Waals surface area contributed by atoms with E-state index < -0.39 is 17.6 Å². The predicted octanol–water partition coefficient (Wildman–Crippen LogP) is 4.05. The second-order valence-corrected chi connectivity index (χ2v) is 7.91. The molecule has 0 radical (unpaired) electrons. The lowest BCUT2D eigenvalue weighted by atomic mass is 9.87. The first kappa shape index (κ1) is 20.5. The molecule has 3 aromatic rings. The average molecular weight is 412 g/mol. The van der Waals surface area contributed by atoms with E-state index in [9.17, 15) is 14.0 Å². The average Bonchev–Trinajstić information content (AvgIpc) is 3.07. The molecule has 150 valence electrons. The van der Waals surface area contributed by atoms with E-state index in [0.29, 0.717) is 11.3 Å². The minimum atomic E-state index is -0.568. The van der Waals surface area contributed by atoms with Crippen LogP contribution in [0.1, 0.15) is 47.2 Å². The highest BCUT2D eigenvalue weighted by molar-refractivity contribution is 7.71. The molecule has 0 aliphatic rings. The summed E-state index contributed by atoms with van der Waals surface area (Å²) >= 11 is 5.21. The van der Waals surface area contributed by atoms with Gasteiger partial charge in [0, 0.05) is 17.4 Å². The van der Waals surface area contributed by atoms with Gasteiger partial charge in [0.15, 0.2) is 4.77 Å². The van der Waals surface area contributed by atoms with Crippen molar-refractivity contribution < 1.29 is 14.0 Å². The van der Waals surface area contributed by atoms with Gasteiger partial charge in [-0.25, -0.2) is 4.39 Å². The molecular weight excluding hydrogens is 391 g/mol. The fraction of sp³-hybridized carbons (Fsp3) is 0.190. The highest BCUT2D eigenvalue weighted by Gasteiger charge is 2.17. The third kappa shape index (κ3) is 4.60. The van der Waals surface area contributed by atoms with E-state index in [1.165, 1.54) is 35.0 Å². The highest BCUT2D eigenvalue weighted by Crippen LogP contribution is 2.22. The number of halogens is 1. The molecule has 0 bridgehead atoms. The normalized spacial score (nSPS) is 11.2. The van der Waals surface area contributed by atoms with E-state index in [1.807, 2.05) is 12.1 Å². The van der Waals surface area contributed by atoms with Gasteiger partial charge in [-0.15, -0.1) is 0 Å². The molecule has 0 aliphatic heterocycles. The van der Waals surface area contributed by atoms with Gasteiger partial charge in [-0.2, -0.15) is 0 Å². The first-order chi connectivity index (χ1) is 13.7. The number of imidazole rings is 1. The van der Waals surface area contributed by atoms with Crippen LogP contribution in [-0.4, -0.2) is 21.4 Å². The number of aromatic amines is 1. The predicted molar refractivity (Wildman–Crippen MR) is 111 cm³/mol. The molecule has 3 N–H and O–H groups in total. The maximum absolute atomic E-state index is 13.2. The molecule has 1 aromatic heterocycles. The van der Waals surface area contributed by atoms with Gasteiger partial charge < -0.3 is 4.98 Å². The zero-order valence-corrected chi connectivity index (χ0v) is 17.1. The second-order valence-electron chi connectivity index (χ2n) is 7.53. The Morgan fingerprint density at radius 3 is 2.14 bits per heavy atom. The summed E-state index contributed by atoms with van der Waals surface area (Å²) in [6, 6.07) is 12.7. The molecule has 1 heterocycles. The van der Waals surface area contributed by atoms with Gasteiger partial charge in [-0.3, -0.25) is 25.0 Å². The Morgan fingerprint density at radius 2 is 1.55 bits per heavy atom. The molecule has 0 saturated carbocycles. The van der Waals surface area contributed by atoms with Crippen molar-refractivity contribution in [1.29, 1.82) is 0 Å². The van der Waals surface area contributed by atoms with Crippen molar-refractivity contribution in [2.75, 3.05) is 0 Å². The Labute approximate surface area is 172 Å². The van der Waals surface area contributed by atoms with Crippen LogP contribution in [0.2, 0.25) is 0 Å². The van der Waals surface area contributed by atoms with Gasteiger partial charge in [0.2, 0.25) is 0 Å². The van der Waals surface area contributed by atoms with Crippen LogP contribution in [0.5, 0.6) is 0 Å². The molecule has 3 rings (SSSR count). The van der Waals surface area contributed by atoms with Gasteiger partial charge in [-0.05, 0) is 59.6 Å². The van der Waals surface area contributed by atoms with Crippen LogP contribution in [0.25, 0.3) is 5.69 Å². The quantitative estimate of drug-likeness (QED) is 0.449. The molecule has 0 spiro atoms. The largest absolute Gasteiger partial charge is 0.336 e. The van der Waals surface area contributed by atoms with Crippen molar-refractivity contribution in [3.8, 4) is 5.69 Å². The summed E-state index contributed by atoms with van der Waals surface area (Å²) in [5.41, 5.74) is 6.96. The lowest BCUT2D eigenvalue weighted by Crippen LogP contribution is -2.42. The number of carbonyl (C=O) groups is 2. The number of amides is 2. The third-order valence-electron chi connectivity index (χ3n) is 4.40. The van der Waals surface area contributed by atoms with E-state index in [1.54, 1.807) is 12.1 Å². The molecule has 0 saturated heterocycles. The van der Waals surface area contributed by atoms with Crippen molar-refractivity contribution in [3.63, 3.8) is 0 Å². The zero-order chi connectivity index (χ0) is 21.2. The van der Waals surface area contributed by atoms with Crippen molar-refractivity contribution >= 4 is 24.0 Å². The van der Waals surface area contributed by atoms with Crippen LogP contribution in [0.3, 0.4) is 0 Å². The Morgan fingerprint density at radius 1 is 0.966 bits per heavy atom. The number of aromatic nitrogens is 2. The molecule has 0 atom stereocenters. The van der Waals surface area contributed by atoms with Crippen LogP contribution in [0, 0.1) is 10.6 Å². The number of nitrogens with zero attached hydrogens (tertiary/aromatic N) is 1. The van der Waals surface area contributed by atoms with Crippen LogP contribution < -0.4 is 10.9 Å². The summed E-state index contributed by atoms with van der Waals surface area (Å²) < 4.78 is 14.9. The van der Waals surface area contributed by atoms with Crippen molar-refractivity contribution in [2.45, 2.75) is 26.2 Å². The smallest absolute Gasteiger partial charge is 0.288 e. The van der Waals surface area contributed by atoms with Crippen LogP contribution >= 0.6 is 12.2 Å². The fourth-order valence-electron chi connectivity index (χ4n) is 2.75. The van der Waals surface area contributed by atoms with E-state index >= 15 is 0 Å². The van der Waals surface area contributed by atoms with Crippen LogP contribution in [-0.2, 0) is 5.41 Å². The minimum Gasteiger partial charge on any atom is -0.336 e. The van der Waals surface area contributed by atoms with Crippen molar-refractivity contribution in [3.05, 3.63) is 82.1 Å². The maximum Gasteiger partial charge on any atom is 0.288 e. The van der Waals surface area contributed by atoms with E-state index in [0.717, 1.165) is 5.56 Å². The molecule has 29 heavy (non-hydrogen) atoms. The lowest BCUT2D eigenvalue weighted by molar-refractivity contribution is 0.0843. The summed E-state index contributed by atoms with van der Waals surface area (Å²) in [5.74, 6) is -1.41. The molecule has 0 fully saturated rings. The fourth-order valence-corrected chi connectivity index (χ4v) is 3.02. The monoisotopic (exact) mass is 412 g/mol. The van der Waals surface area contributed by atoms with Gasteiger partial charge in [0.05, 0.1) is 0 Å². The summed E-state index contributed by atoms with van der Waals surface area (Å²) in [6.07, 6.45) is 1.42. The van der Waals surface area contributed by atoms with Gasteiger partial charge in [0.1, 0.15) is 11.5 Å². The number of rotatable bonds is 3. The third-order valence-corrected chi connectivity index (χ3v) is 4.70. The second kappa shape index (κ2) is 8.00. The molecular formula is C21H21FN4O2S. The molecule has 8 heteroatoms. The summed E-state index contributed by atoms with van der Waals surface area (Å²) in [6.45, 7) is 6.26. The zero-order valence-electron chi connectivity index (χ0n) is 16.2. The Hall–Kier alpha value is -3.26. The van der Waals surface area contributed by atoms with E-state index in [-0.39, 0.29) is 15.9 Å². The number of nitrogens with one attached hydrogen (secondary N) is 3. The summed E-state index contributed by atoms with van der Waals surface area (Å²) in [4.78, 5) is 27.7. The SMILES string of the molecule is CC(C)(C)c1ccc(C(=O)NNC(=O)c2c[nH]c(=S)n2-c2ccc(F)cc2)cc1. The lowest BCUT2D eigenvalue weighted by Gasteiger charge is -2.19. The first-order valence-corrected chi connectivity index (χ1v) is 9.35. The van der Waals surface area contributed by atoms with Crippen molar-refractivity contribution in [1.82, 2.24) is 20.4 Å². The van der Waals surface area contributed by atoms with E-state index in [2.05, 4.69) is 36.6 Å². The van der Waals surface area contributed by atoms with Crippen LogP contribution in [0.4, 0.5) is 4.39 Å². The minimum absolute atomic E-state index is 0.0204. The Bertz CT molecular complexity index is 1090. The molecule has 0 aliphatic carbocycles. The van der Waals surface area contributed by atoms with E-state index in [4.69, 9.17) is 12.2 Å². The molecule has 2 amide bonds. The Balaban J connectivity index is 1.72. The number of hydrogen-bond acceptors (Lipinski definition) is 3. The van der Waals surface area contributed by atoms with Gasteiger partial charge in [-0.1, -0.05) is 32.9 Å². The molecule has 6 nitrogen and oxygen atoms in total. The topological polar surface area (TPSA) is 78.9 Å². The van der Waals surface area contributed by atoms with Gasteiger partial charge in [0.25, 0.3) is 11.8 Å². The number of hydrazine groups is 1. The van der Waals surface area contributed by atoms with Crippen LogP contribution in [0.15, 0.2) is 54.7 Å². The summed E-state index contributed by atoms with van der Waals surface area (Å²) in [7, 11) is 0. The molecule has 0 unspecified atom stereocenters. The number of benzene rings is 2. The standard InChI is InChI=1S/C21H21FN4O2S/c1-21(2,3)14-6-4-13(5-7-14)18(27)24-25-19(28)17-12-23-20(29)26(17)16-10-8-15(22)9-11-16/h4-12H,1-3H3,(H,23,29)(H,24,27)(H,25,28). The maximum atomic E-state index is 13.2. The Kier molecular flexibility index (Phi) is 5.65. The molecule has 2 aromatic carbocycles. The van der Waals surface area contributed by atoms with Crippen molar-refractivity contribution in [2.24, 2.45) is 0 Å². The first-order valence-electron chi connectivity index (χ1n) is 8.94. The highest BCUT2D eigenvalue weighted by atomic mass is 32.1. The number of hydrogen-bond donors (Lipinski definition) is 3. The van der Waals surface area contributed by atoms with Gasteiger partial charge >= 0.3 is 0 Å². The number of H-pyrrole nitrogens is 1. The summed E-state index contributed by atoms with van der Waals surface area (Å²) in [5, 5.41) is 0.